The average Bonchev–Trinajstić information content (AvgIpc) is 2.96. The van der Waals surface area contributed by atoms with E-state index in [2.05, 4.69) is 36.5 Å². The van der Waals surface area contributed by atoms with Crippen molar-refractivity contribution < 1.29 is 9.53 Å². The Hall–Kier alpha value is -1.88. The molecule has 4 nitrogen and oxygen atoms in total. The van der Waals surface area contributed by atoms with E-state index in [1.54, 1.807) is 30.6 Å². The Morgan fingerprint density at radius 3 is 2.77 bits per heavy atom. The van der Waals surface area contributed by atoms with Gasteiger partial charge in [0.25, 0.3) is 5.91 Å². The molecule has 1 amide bonds. The number of thiazole rings is 1. The third kappa shape index (κ3) is 4.31. The van der Waals surface area contributed by atoms with Gasteiger partial charge in [-0.1, -0.05) is 26.8 Å². The third-order valence-electron chi connectivity index (χ3n) is 3.28. The summed E-state index contributed by atoms with van der Waals surface area (Å²) < 4.78 is 5.13. The van der Waals surface area contributed by atoms with Crippen LogP contribution in [-0.4, -0.2) is 24.5 Å². The fourth-order valence-corrected chi connectivity index (χ4v) is 2.94. The van der Waals surface area contributed by atoms with E-state index >= 15 is 0 Å². The highest BCUT2D eigenvalue weighted by atomic mass is 32.1. The summed E-state index contributed by atoms with van der Waals surface area (Å²) in [6.07, 6.45) is 0.746. The number of hydrogen-bond acceptors (Lipinski definition) is 4. The zero-order valence-electron chi connectivity index (χ0n) is 13.5. The highest BCUT2D eigenvalue weighted by Gasteiger charge is 2.17. The van der Waals surface area contributed by atoms with Crippen molar-refractivity contribution >= 4 is 17.2 Å². The van der Waals surface area contributed by atoms with Crippen LogP contribution in [0.4, 0.5) is 0 Å². The fraction of sp³-hybridized carbons (Fsp3) is 0.412. The summed E-state index contributed by atoms with van der Waals surface area (Å²) in [4.78, 5) is 16.7. The summed E-state index contributed by atoms with van der Waals surface area (Å²) in [6, 6.07) is 7.14. The lowest BCUT2D eigenvalue weighted by Crippen LogP contribution is -2.25. The van der Waals surface area contributed by atoms with Gasteiger partial charge < -0.3 is 10.1 Å². The lowest BCUT2D eigenvalue weighted by Gasteiger charge is -2.14. The molecule has 0 atom stereocenters. The molecule has 0 bridgehead atoms. The number of hydrogen-bond donors (Lipinski definition) is 1. The molecule has 1 aromatic heterocycles. The second-order valence-electron chi connectivity index (χ2n) is 6.11. The molecule has 0 saturated carbocycles. The third-order valence-corrected chi connectivity index (χ3v) is 4.19. The molecule has 0 radical (unpaired) electrons. The molecule has 0 saturated heterocycles. The van der Waals surface area contributed by atoms with Gasteiger partial charge in [-0.05, 0) is 18.2 Å². The van der Waals surface area contributed by atoms with Crippen molar-refractivity contribution in [3.05, 3.63) is 45.9 Å². The molecular weight excluding hydrogens is 296 g/mol. The molecule has 5 heteroatoms. The largest absolute Gasteiger partial charge is 0.497 e. The number of nitrogens with zero attached hydrogens (tertiary/aromatic N) is 1. The highest BCUT2D eigenvalue weighted by Crippen LogP contribution is 2.23. The smallest absolute Gasteiger partial charge is 0.251 e. The van der Waals surface area contributed by atoms with Crippen molar-refractivity contribution in [2.45, 2.75) is 32.6 Å². The first-order valence-corrected chi connectivity index (χ1v) is 8.15. The van der Waals surface area contributed by atoms with Gasteiger partial charge in [-0.25, -0.2) is 4.98 Å². The van der Waals surface area contributed by atoms with Crippen LogP contribution in [0.5, 0.6) is 5.75 Å². The van der Waals surface area contributed by atoms with Crippen LogP contribution in [0.2, 0.25) is 0 Å². The summed E-state index contributed by atoms with van der Waals surface area (Å²) in [6.45, 7) is 7.02. The monoisotopic (exact) mass is 318 g/mol. The van der Waals surface area contributed by atoms with Gasteiger partial charge in [0.05, 0.1) is 17.8 Å². The Morgan fingerprint density at radius 2 is 2.14 bits per heavy atom. The number of ether oxygens (including phenoxy) is 1. The van der Waals surface area contributed by atoms with Crippen molar-refractivity contribution in [1.29, 1.82) is 0 Å². The number of carbonyl (C=O) groups is 1. The first-order valence-electron chi connectivity index (χ1n) is 7.27. The zero-order valence-corrected chi connectivity index (χ0v) is 14.3. The van der Waals surface area contributed by atoms with Gasteiger partial charge in [-0.3, -0.25) is 4.79 Å². The highest BCUT2D eigenvalue weighted by molar-refractivity contribution is 7.09. The molecule has 22 heavy (non-hydrogen) atoms. The number of benzene rings is 1. The zero-order chi connectivity index (χ0) is 16.2. The minimum Gasteiger partial charge on any atom is -0.497 e. The number of amides is 1. The molecule has 2 aromatic rings. The summed E-state index contributed by atoms with van der Waals surface area (Å²) >= 11 is 1.65. The van der Waals surface area contributed by atoms with E-state index in [0.717, 1.165) is 17.1 Å². The van der Waals surface area contributed by atoms with E-state index in [9.17, 15) is 4.79 Å². The average molecular weight is 318 g/mol. The molecule has 0 aliphatic heterocycles. The molecule has 0 aliphatic rings. The van der Waals surface area contributed by atoms with Gasteiger partial charge in [0.15, 0.2) is 0 Å². The molecule has 0 fully saturated rings. The standard InChI is InChI=1S/C17H22N2O2S/c1-17(2,3)14-11-22-15(19-14)8-9-18-16(20)12-6-5-7-13(10-12)21-4/h5-7,10-11H,8-9H2,1-4H3,(H,18,20). The summed E-state index contributed by atoms with van der Waals surface area (Å²) in [7, 11) is 1.59. The number of aromatic nitrogens is 1. The number of rotatable bonds is 5. The molecule has 0 unspecified atom stereocenters. The van der Waals surface area contributed by atoms with Crippen molar-refractivity contribution in [2.24, 2.45) is 0 Å². The maximum Gasteiger partial charge on any atom is 0.251 e. The molecule has 0 spiro atoms. The Balaban J connectivity index is 1.88. The molecular formula is C17H22N2O2S. The fourth-order valence-electron chi connectivity index (χ4n) is 1.92. The van der Waals surface area contributed by atoms with Crippen LogP contribution >= 0.6 is 11.3 Å². The number of carbonyl (C=O) groups excluding carboxylic acids is 1. The second-order valence-corrected chi connectivity index (χ2v) is 7.06. The van der Waals surface area contributed by atoms with Crippen LogP contribution in [0.1, 0.15) is 41.8 Å². The first-order chi connectivity index (χ1) is 10.4. The predicted molar refractivity (Wildman–Crippen MR) is 89.8 cm³/mol. The van der Waals surface area contributed by atoms with E-state index in [4.69, 9.17) is 4.74 Å². The predicted octanol–water partition coefficient (Wildman–Crippen LogP) is 3.42. The molecule has 1 N–H and O–H groups in total. The minimum absolute atomic E-state index is 0.0680. The Morgan fingerprint density at radius 1 is 1.36 bits per heavy atom. The summed E-state index contributed by atoms with van der Waals surface area (Å²) in [5, 5.41) is 6.07. The van der Waals surface area contributed by atoms with Gasteiger partial charge >= 0.3 is 0 Å². The van der Waals surface area contributed by atoms with Crippen LogP contribution in [0, 0.1) is 0 Å². The van der Waals surface area contributed by atoms with E-state index in [-0.39, 0.29) is 11.3 Å². The van der Waals surface area contributed by atoms with Gasteiger partial charge in [0, 0.05) is 29.3 Å². The molecule has 1 aromatic carbocycles. The molecule has 0 aliphatic carbocycles. The van der Waals surface area contributed by atoms with Crippen LogP contribution in [0.25, 0.3) is 0 Å². The normalized spacial score (nSPS) is 11.3. The van der Waals surface area contributed by atoms with Crippen LogP contribution in [0.15, 0.2) is 29.6 Å². The summed E-state index contributed by atoms with van der Waals surface area (Å²) in [5.41, 5.74) is 1.78. The minimum atomic E-state index is -0.0912. The van der Waals surface area contributed by atoms with Crippen molar-refractivity contribution in [3.8, 4) is 5.75 Å². The maximum atomic E-state index is 12.1. The van der Waals surface area contributed by atoms with Gasteiger partial charge in [0.1, 0.15) is 5.75 Å². The van der Waals surface area contributed by atoms with Gasteiger partial charge in [-0.2, -0.15) is 0 Å². The maximum absolute atomic E-state index is 12.1. The van der Waals surface area contributed by atoms with E-state index in [1.165, 1.54) is 0 Å². The van der Waals surface area contributed by atoms with Crippen molar-refractivity contribution in [1.82, 2.24) is 10.3 Å². The number of nitrogens with one attached hydrogen (secondary N) is 1. The topological polar surface area (TPSA) is 51.2 Å². The first kappa shape index (κ1) is 16.5. The SMILES string of the molecule is COc1cccc(C(=O)NCCc2nc(C(C)(C)C)cs2)c1. The lowest BCUT2D eigenvalue weighted by molar-refractivity contribution is 0.0954. The Kier molecular flexibility index (Phi) is 5.19. The summed E-state index contributed by atoms with van der Waals surface area (Å²) in [5.74, 6) is 0.592. The molecule has 2 rings (SSSR count). The van der Waals surface area contributed by atoms with Crippen LogP contribution in [0.3, 0.4) is 0 Å². The number of methoxy groups -OCH3 is 1. The van der Waals surface area contributed by atoms with E-state index in [1.807, 2.05) is 12.1 Å². The Bertz CT molecular complexity index is 644. The van der Waals surface area contributed by atoms with Crippen LogP contribution < -0.4 is 10.1 Å². The lowest BCUT2D eigenvalue weighted by atomic mass is 9.93. The van der Waals surface area contributed by atoms with E-state index in [0.29, 0.717) is 17.9 Å². The van der Waals surface area contributed by atoms with Crippen molar-refractivity contribution in [3.63, 3.8) is 0 Å². The van der Waals surface area contributed by atoms with E-state index < -0.39 is 0 Å². The van der Waals surface area contributed by atoms with Crippen molar-refractivity contribution in [2.75, 3.05) is 13.7 Å². The van der Waals surface area contributed by atoms with Gasteiger partial charge in [-0.15, -0.1) is 11.3 Å². The Labute approximate surface area is 135 Å². The van der Waals surface area contributed by atoms with Crippen LogP contribution in [-0.2, 0) is 11.8 Å². The quantitative estimate of drug-likeness (QED) is 0.919. The molecule has 118 valence electrons. The molecule has 1 heterocycles. The van der Waals surface area contributed by atoms with Gasteiger partial charge in [0.2, 0.25) is 0 Å². The second kappa shape index (κ2) is 6.92.